The van der Waals surface area contributed by atoms with Gasteiger partial charge in [0.15, 0.2) is 0 Å². The normalized spacial score (nSPS) is 8.77. The lowest BCUT2D eigenvalue weighted by Crippen LogP contribution is -2.04. The van der Waals surface area contributed by atoms with E-state index < -0.39 is 0 Å². The fourth-order valence-corrected chi connectivity index (χ4v) is 0.857. The Hall–Kier alpha value is -1.09. The largest absolute Gasteiger partial charge is 0.478 e. The molecule has 0 saturated carbocycles. The van der Waals surface area contributed by atoms with E-state index in [2.05, 4.69) is 0 Å². The van der Waals surface area contributed by atoms with Crippen LogP contribution >= 0.6 is 12.4 Å². The van der Waals surface area contributed by atoms with Crippen LogP contribution < -0.4 is 0 Å². The molecule has 0 bridgehead atoms. The zero-order chi connectivity index (χ0) is 8.97. The molecule has 4 heteroatoms. The van der Waals surface area contributed by atoms with E-state index in [4.69, 9.17) is 10.1 Å². The summed E-state index contributed by atoms with van der Waals surface area (Å²) in [5.74, 6) is -0.339. The van der Waals surface area contributed by atoms with E-state index in [-0.39, 0.29) is 24.1 Å². The number of benzene rings is 1. The van der Waals surface area contributed by atoms with Gasteiger partial charge in [-0.3, -0.25) is 5.41 Å². The van der Waals surface area contributed by atoms with Crippen LogP contribution in [0.5, 0.6) is 0 Å². The smallest absolute Gasteiger partial charge is 0.213 e. The molecule has 0 amide bonds. The average molecular weight is 204 g/mol. The lowest BCUT2D eigenvalue weighted by molar-refractivity contribution is 0.325. The molecule has 1 N–H and O–H groups in total. The molecule has 0 radical (unpaired) electrons. The zero-order valence-corrected chi connectivity index (χ0v) is 8.03. The molecule has 13 heavy (non-hydrogen) atoms. The van der Waals surface area contributed by atoms with Crippen LogP contribution in [0.15, 0.2) is 24.3 Å². The molecule has 0 aliphatic rings. The van der Waals surface area contributed by atoms with Crippen molar-refractivity contribution in [3.63, 3.8) is 0 Å². The predicted molar refractivity (Wildman–Crippen MR) is 52.1 cm³/mol. The molecule has 2 nitrogen and oxygen atoms in total. The number of rotatable bonds is 2. The third kappa shape index (κ3) is 3.42. The number of hydrogen-bond donors (Lipinski definition) is 1. The fraction of sp³-hybridized carbons (Fsp3) is 0.222. The molecule has 0 unspecified atom stereocenters. The Morgan fingerprint density at radius 1 is 1.54 bits per heavy atom. The van der Waals surface area contributed by atoms with Gasteiger partial charge < -0.3 is 4.74 Å². The van der Waals surface area contributed by atoms with Crippen LogP contribution in [0.4, 0.5) is 4.39 Å². The van der Waals surface area contributed by atoms with Gasteiger partial charge in [0.05, 0.1) is 6.61 Å². The van der Waals surface area contributed by atoms with Gasteiger partial charge in [-0.15, -0.1) is 12.4 Å². The third-order valence-corrected chi connectivity index (χ3v) is 1.38. The molecule has 0 heterocycles. The molecule has 1 aromatic carbocycles. The summed E-state index contributed by atoms with van der Waals surface area (Å²) < 4.78 is 17.5. The van der Waals surface area contributed by atoms with Gasteiger partial charge in [0.2, 0.25) is 5.90 Å². The van der Waals surface area contributed by atoms with Gasteiger partial charge in [-0.2, -0.15) is 0 Å². The molecular weight excluding hydrogens is 193 g/mol. The van der Waals surface area contributed by atoms with Crippen molar-refractivity contribution in [2.24, 2.45) is 0 Å². The maximum Gasteiger partial charge on any atom is 0.213 e. The van der Waals surface area contributed by atoms with E-state index in [0.29, 0.717) is 12.2 Å². The van der Waals surface area contributed by atoms with Gasteiger partial charge in [0.1, 0.15) is 5.82 Å². The molecular formula is C9H11ClFNO. The van der Waals surface area contributed by atoms with E-state index in [1.54, 1.807) is 19.1 Å². The Morgan fingerprint density at radius 2 is 2.23 bits per heavy atom. The number of halogens is 2. The van der Waals surface area contributed by atoms with Gasteiger partial charge in [-0.25, -0.2) is 4.39 Å². The van der Waals surface area contributed by atoms with Crippen molar-refractivity contribution in [3.8, 4) is 0 Å². The summed E-state index contributed by atoms with van der Waals surface area (Å²) in [6, 6.07) is 5.81. The molecule has 72 valence electrons. The number of hydrogen-bond acceptors (Lipinski definition) is 2. The summed E-state index contributed by atoms with van der Waals surface area (Å²) in [6.45, 7) is 2.21. The summed E-state index contributed by atoms with van der Waals surface area (Å²) in [4.78, 5) is 0. The Bertz CT molecular complexity index is 291. The molecule has 1 aromatic rings. The molecule has 0 fully saturated rings. The molecule has 0 aromatic heterocycles. The summed E-state index contributed by atoms with van der Waals surface area (Å²) >= 11 is 0. The summed E-state index contributed by atoms with van der Waals surface area (Å²) in [6.07, 6.45) is 0. The van der Waals surface area contributed by atoms with Crippen LogP contribution in [-0.4, -0.2) is 12.5 Å². The van der Waals surface area contributed by atoms with Crippen molar-refractivity contribution in [2.75, 3.05) is 6.61 Å². The van der Waals surface area contributed by atoms with Gasteiger partial charge in [0, 0.05) is 5.56 Å². The molecule has 0 saturated heterocycles. The van der Waals surface area contributed by atoms with Crippen LogP contribution in [0.2, 0.25) is 0 Å². The summed E-state index contributed by atoms with van der Waals surface area (Å²) in [5, 5.41) is 7.34. The first-order valence-electron chi connectivity index (χ1n) is 3.71. The highest BCUT2D eigenvalue weighted by Gasteiger charge is 2.01. The maximum atomic E-state index is 12.6. The Balaban J connectivity index is 0.00000144. The molecule has 1 rings (SSSR count). The number of nitrogens with one attached hydrogen (secondary N) is 1. The minimum Gasteiger partial charge on any atom is -0.478 e. The minimum atomic E-state index is -0.350. The van der Waals surface area contributed by atoms with Crippen LogP contribution in [-0.2, 0) is 4.74 Å². The second-order valence-electron chi connectivity index (χ2n) is 2.27. The monoisotopic (exact) mass is 203 g/mol. The van der Waals surface area contributed by atoms with Crippen LogP contribution in [0.1, 0.15) is 12.5 Å². The van der Waals surface area contributed by atoms with Crippen LogP contribution in [0.3, 0.4) is 0 Å². The van der Waals surface area contributed by atoms with Crippen LogP contribution in [0, 0.1) is 11.2 Å². The Morgan fingerprint density at radius 3 is 2.77 bits per heavy atom. The van der Waals surface area contributed by atoms with E-state index >= 15 is 0 Å². The summed E-state index contributed by atoms with van der Waals surface area (Å²) in [5.41, 5.74) is 0.469. The Labute approximate surface area is 82.6 Å². The van der Waals surface area contributed by atoms with Crippen molar-refractivity contribution < 1.29 is 9.13 Å². The van der Waals surface area contributed by atoms with E-state index in [9.17, 15) is 4.39 Å². The van der Waals surface area contributed by atoms with Crippen molar-refractivity contribution in [1.82, 2.24) is 0 Å². The van der Waals surface area contributed by atoms with E-state index in [0.717, 1.165) is 0 Å². The van der Waals surface area contributed by atoms with Crippen molar-refractivity contribution >= 4 is 18.3 Å². The highest BCUT2D eigenvalue weighted by atomic mass is 35.5. The molecule has 0 atom stereocenters. The highest BCUT2D eigenvalue weighted by Crippen LogP contribution is 2.04. The average Bonchev–Trinajstić information content (AvgIpc) is 2.05. The van der Waals surface area contributed by atoms with Crippen molar-refractivity contribution in [2.45, 2.75) is 6.92 Å². The predicted octanol–water partition coefficient (Wildman–Crippen LogP) is 2.61. The van der Waals surface area contributed by atoms with E-state index in [1.165, 1.54) is 12.1 Å². The minimum absolute atomic E-state index is 0. The zero-order valence-electron chi connectivity index (χ0n) is 7.21. The standard InChI is InChI=1S/C9H10FNO.ClH/c1-2-12-9(11)7-4-3-5-8(10)6-7;/h3-6,11H,2H2,1H3;1H. The lowest BCUT2D eigenvalue weighted by Gasteiger charge is -2.03. The highest BCUT2D eigenvalue weighted by molar-refractivity contribution is 5.91. The first-order chi connectivity index (χ1) is 5.74. The quantitative estimate of drug-likeness (QED) is 0.582. The lowest BCUT2D eigenvalue weighted by atomic mass is 10.2. The third-order valence-electron chi connectivity index (χ3n) is 1.38. The Kier molecular flexibility index (Phi) is 5.07. The maximum absolute atomic E-state index is 12.6. The first-order valence-corrected chi connectivity index (χ1v) is 3.71. The van der Waals surface area contributed by atoms with Crippen LogP contribution in [0.25, 0.3) is 0 Å². The van der Waals surface area contributed by atoms with Gasteiger partial charge in [0.25, 0.3) is 0 Å². The van der Waals surface area contributed by atoms with Crippen molar-refractivity contribution in [3.05, 3.63) is 35.6 Å². The molecule has 0 aliphatic carbocycles. The summed E-state index contributed by atoms with van der Waals surface area (Å²) in [7, 11) is 0. The van der Waals surface area contributed by atoms with Gasteiger partial charge in [-0.1, -0.05) is 6.07 Å². The fourth-order valence-electron chi connectivity index (χ4n) is 0.857. The molecule has 0 spiro atoms. The molecule has 0 aliphatic heterocycles. The van der Waals surface area contributed by atoms with Gasteiger partial charge >= 0.3 is 0 Å². The number of ether oxygens (including phenoxy) is 1. The van der Waals surface area contributed by atoms with Gasteiger partial charge in [-0.05, 0) is 25.1 Å². The van der Waals surface area contributed by atoms with Crippen molar-refractivity contribution in [1.29, 1.82) is 5.41 Å². The van der Waals surface area contributed by atoms with E-state index in [1.807, 2.05) is 0 Å². The second kappa shape index (κ2) is 5.54. The SMILES string of the molecule is CCOC(=N)c1cccc(F)c1.Cl. The first kappa shape index (κ1) is 11.9. The topological polar surface area (TPSA) is 33.1 Å². The second-order valence-corrected chi connectivity index (χ2v) is 2.27.